The van der Waals surface area contributed by atoms with Gasteiger partial charge in [0.2, 0.25) is 15.9 Å². The lowest BCUT2D eigenvalue weighted by molar-refractivity contribution is -0.123. The van der Waals surface area contributed by atoms with Gasteiger partial charge in [0.05, 0.1) is 28.8 Å². The number of rotatable bonds is 7. The number of ether oxygens (including phenoxy) is 1. The average Bonchev–Trinajstić information content (AvgIpc) is 3.36. The Morgan fingerprint density at radius 1 is 1.13 bits per heavy atom. The largest absolute Gasteiger partial charge is 0.497 e. The molecule has 1 aliphatic rings. The molecule has 4 aromatic rings. The van der Waals surface area contributed by atoms with Gasteiger partial charge >= 0.3 is 0 Å². The quantitative estimate of drug-likeness (QED) is 0.329. The highest BCUT2D eigenvalue weighted by molar-refractivity contribution is 7.89. The van der Waals surface area contributed by atoms with Crippen molar-refractivity contribution in [2.75, 3.05) is 25.1 Å². The molecular weight excluding hydrogens is 534 g/mol. The zero-order valence-electron chi connectivity index (χ0n) is 20.4. The van der Waals surface area contributed by atoms with Crippen LogP contribution in [0.4, 0.5) is 13.9 Å². The number of aromatic nitrogens is 2. The molecule has 3 heterocycles. The fourth-order valence-corrected chi connectivity index (χ4v) is 6.88. The van der Waals surface area contributed by atoms with Crippen LogP contribution in [-0.4, -0.2) is 48.8 Å². The van der Waals surface area contributed by atoms with Crippen LogP contribution in [0.2, 0.25) is 0 Å². The molecule has 12 heteroatoms. The van der Waals surface area contributed by atoms with E-state index < -0.39 is 27.6 Å². The van der Waals surface area contributed by atoms with Gasteiger partial charge in [-0.3, -0.25) is 14.7 Å². The summed E-state index contributed by atoms with van der Waals surface area (Å²) in [6, 6.07) is 11.7. The van der Waals surface area contributed by atoms with Crippen LogP contribution >= 0.6 is 11.3 Å². The Balaban J connectivity index is 1.37. The molecule has 1 aliphatic heterocycles. The number of fused-ring (bicyclic) bond motifs is 1. The molecule has 8 nitrogen and oxygen atoms in total. The zero-order chi connectivity index (χ0) is 26.9. The van der Waals surface area contributed by atoms with Crippen LogP contribution in [0.3, 0.4) is 0 Å². The van der Waals surface area contributed by atoms with E-state index in [1.807, 2.05) is 24.3 Å². The van der Waals surface area contributed by atoms with Crippen molar-refractivity contribution in [3.05, 3.63) is 78.1 Å². The van der Waals surface area contributed by atoms with Gasteiger partial charge in [-0.15, -0.1) is 0 Å². The highest BCUT2D eigenvalue weighted by atomic mass is 32.2. The Morgan fingerprint density at radius 3 is 2.61 bits per heavy atom. The van der Waals surface area contributed by atoms with Crippen LogP contribution < -0.4 is 9.64 Å². The Hall–Kier alpha value is -3.48. The number of methoxy groups -OCH3 is 1. The van der Waals surface area contributed by atoms with Crippen molar-refractivity contribution in [2.24, 2.45) is 5.92 Å². The third kappa shape index (κ3) is 5.24. The first-order valence-corrected chi connectivity index (χ1v) is 14.1. The molecule has 0 spiro atoms. The Bertz CT molecular complexity index is 1570. The SMILES string of the molecule is COc1ccc2nc(N(Cc3cccnc3)C(=O)C3CCN(S(=O)(=O)c4ccc(F)c(F)c4)CC3)sc2c1. The number of amides is 1. The van der Waals surface area contributed by atoms with Crippen LogP contribution in [0, 0.1) is 17.6 Å². The predicted octanol–water partition coefficient (Wildman–Crippen LogP) is 4.61. The van der Waals surface area contributed by atoms with Gasteiger partial charge in [-0.05, 0) is 60.9 Å². The molecule has 0 bridgehead atoms. The van der Waals surface area contributed by atoms with Crippen molar-refractivity contribution in [2.45, 2.75) is 24.3 Å². The normalized spacial score (nSPS) is 15.0. The summed E-state index contributed by atoms with van der Waals surface area (Å²) < 4.78 is 60.3. The molecule has 198 valence electrons. The van der Waals surface area contributed by atoms with Crippen molar-refractivity contribution in [1.82, 2.24) is 14.3 Å². The fourth-order valence-electron chi connectivity index (χ4n) is 4.40. The van der Waals surface area contributed by atoms with E-state index in [2.05, 4.69) is 9.97 Å². The first-order chi connectivity index (χ1) is 18.3. The molecule has 0 radical (unpaired) electrons. The Morgan fingerprint density at radius 2 is 1.92 bits per heavy atom. The van der Waals surface area contributed by atoms with Crippen molar-refractivity contribution >= 4 is 42.6 Å². The van der Waals surface area contributed by atoms with Gasteiger partial charge in [-0.2, -0.15) is 4.31 Å². The Kier molecular flexibility index (Phi) is 7.37. The topological polar surface area (TPSA) is 92.7 Å². The van der Waals surface area contributed by atoms with Gasteiger partial charge in [0.15, 0.2) is 16.8 Å². The smallest absolute Gasteiger partial charge is 0.243 e. The highest BCUT2D eigenvalue weighted by Gasteiger charge is 2.35. The van der Waals surface area contributed by atoms with E-state index in [4.69, 9.17) is 4.74 Å². The lowest BCUT2D eigenvalue weighted by Crippen LogP contribution is -2.44. The summed E-state index contributed by atoms with van der Waals surface area (Å²) in [6.45, 7) is 0.419. The minimum absolute atomic E-state index is 0.0789. The minimum atomic E-state index is -4.02. The molecule has 0 aliphatic carbocycles. The van der Waals surface area contributed by atoms with Gasteiger partial charge in [-0.1, -0.05) is 17.4 Å². The third-order valence-electron chi connectivity index (χ3n) is 6.48. The number of benzene rings is 2. The van der Waals surface area contributed by atoms with E-state index in [1.165, 1.54) is 15.6 Å². The maximum atomic E-state index is 13.8. The maximum Gasteiger partial charge on any atom is 0.243 e. The van der Waals surface area contributed by atoms with Gasteiger partial charge in [0, 0.05) is 31.4 Å². The molecule has 1 fully saturated rings. The summed E-state index contributed by atoms with van der Waals surface area (Å²) in [7, 11) is -2.44. The number of carbonyl (C=O) groups is 1. The van der Waals surface area contributed by atoms with E-state index in [0.717, 1.165) is 27.9 Å². The van der Waals surface area contributed by atoms with Crippen molar-refractivity contribution in [3.8, 4) is 5.75 Å². The van der Waals surface area contributed by atoms with Crippen LogP contribution in [0.25, 0.3) is 10.2 Å². The second-order valence-electron chi connectivity index (χ2n) is 8.87. The van der Waals surface area contributed by atoms with E-state index >= 15 is 0 Å². The second-order valence-corrected chi connectivity index (χ2v) is 11.8. The molecule has 2 aromatic heterocycles. The lowest BCUT2D eigenvalue weighted by atomic mass is 9.96. The third-order valence-corrected chi connectivity index (χ3v) is 9.41. The standard InChI is InChI=1S/C26H24F2N4O4S2/c1-36-19-4-7-23-24(13-19)37-26(30-23)32(16-17-3-2-10-29-15-17)25(33)18-8-11-31(12-9-18)38(34,35)20-5-6-21(27)22(28)14-20/h2-7,10,13-15,18H,8-9,11-12,16H2,1H3. The summed E-state index contributed by atoms with van der Waals surface area (Å²) in [5.41, 5.74) is 1.57. The molecule has 0 saturated carbocycles. The zero-order valence-corrected chi connectivity index (χ0v) is 22.0. The number of halogens is 2. The van der Waals surface area contributed by atoms with Crippen LogP contribution in [0.15, 0.2) is 65.8 Å². The second kappa shape index (κ2) is 10.7. The van der Waals surface area contributed by atoms with E-state index in [9.17, 15) is 22.0 Å². The molecule has 1 saturated heterocycles. The molecule has 0 N–H and O–H groups in total. The molecule has 38 heavy (non-hydrogen) atoms. The van der Waals surface area contributed by atoms with Gasteiger partial charge < -0.3 is 4.74 Å². The minimum Gasteiger partial charge on any atom is -0.497 e. The van der Waals surface area contributed by atoms with Crippen molar-refractivity contribution < 1.29 is 26.7 Å². The fraction of sp³-hybridized carbons (Fsp3) is 0.269. The van der Waals surface area contributed by atoms with Gasteiger partial charge in [0.1, 0.15) is 5.75 Å². The lowest BCUT2D eigenvalue weighted by Gasteiger charge is -2.33. The highest BCUT2D eigenvalue weighted by Crippen LogP contribution is 2.34. The summed E-state index contributed by atoms with van der Waals surface area (Å²) in [5, 5.41) is 0.527. The first kappa shape index (κ1) is 26.1. The van der Waals surface area contributed by atoms with Crippen molar-refractivity contribution in [3.63, 3.8) is 0 Å². The molecule has 2 aromatic carbocycles. The van der Waals surface area contributed by atoms with Crippen LogP contribution in [0.5, 0.6) is 5.75 Å². The molecule has 1 amide bonds. The monoisotopic (exact) mass is 558 g/mol. The number of carbonyl (C=O) groups excluding carboxylic acids is 1. The summed E-state index contributed by atoms with van der Waals surface area (Å²) >= 11 is 1.37. The number of thiazole rings is 1. The van der Waals surface area contributed by atoms with Crippen molar-refractivity contribution in [1.29, 1.82) is 0 Å². The number of pyridine rings is 1. The summed E-state index contributed by atoms with van der Waals surface area (Å²) in [4.78, 5) is 23.9. The van der Waals surface area contributed by atoms with Crippen LogP contribution in [0.1, 0.15) is 18.4 Å². The number of hydrogen-bond donors (Lipinski definition) is 0. The number of piperidine rings is 1. The molecular formula is C26H24F2N4O4S2. The number of anilines is 1. The summed E-state index contributed by atoms with van der Waals surface area (Å²) in [5.74, 6) is -2.26. The van der Waals surface area contributed by atoms with E-state index in [1.54, 1.807) is 30.5 Å². The maximum absolute atomic E-state index is 13.8. The van der Waals surface area contributed by atoms with E-state index in [0.29, 0.717) is 16.9 Å². The number of nitrogens with zero attached hydrogens (tertiary/aromatic N) is 4. The number of sulfonamides is 1. The summed E-state index contributed by atoms with van der Waals surface area (Å²) in [6.07, 6.45) is 3.91. The van der Waals surface area contributed by atoms with Crippen LogP contribution in [-0.2, 0) is 21.4 Å². The predicted molar refractivity (Wildman–Crippen MR) is 139 cm³/mol. The molecule has 0 atom stereocenters. The van der Waals surface area contributed by atoms with E-state index in [-0.39, 0.29) is 43.3 Å². The molecule has 5 rings (SSSR count). The average molecular weight is 559 g/mol. The first-order valence-electron chi connectivity index (χ1n) is 11.9. The Labute approximate surface area is 222 Å². The number of hydrogen-bond acceptors (Lipinski definition) is 7. The van der Waals surface area contributed by atoms with Gasteiger partial charge in [-0.25, -0.2) is 22.2 Å². The molecule has 0 unspecified atom stereocenters. The van der Waals surface area contributed by atoms with Gasteiger partial charge in [0.25, 0.3) is 0 Å².